The fourth-order valence-electron chi connectivity index (χ4n) is 5.47. The molecule has 4 rings (SSSR count). The van der Waals surface area contributed by atoms with Gasteiger partial charge in [-0.05, 0) is 38.3 Å². The zero-order valence-electron chi connectivity index (χ0n) is 17.5. The van der Waals surface area contributed by atoms with E-state index in [1.54, 1.807) is 31.2 Å². The summed E-state index contributed by atoms with van der Waals surface area (Å²) in [6, 6.07) is 5.28. The van der Waals surface area contributed by atoms with Crippen molar-refractivity contribution in [1.29, 1.82) is 0 Å². The van der Waals surface area contributed by atoms with E-state index in [1.165, 1.54) is 4.90 Å². The first kappa shape index (κ1) is 22.0. The van der Waals surface area contributed by atoms with Crippen LogP contribution in [-0.4, -0.2) is 64.8 Å². The van der Waals surface area contributed by atoms with Crippen molar-refractivity contribution < 1.29 is 29.0 Å². The maximum Gasteiger partial charge on any atom is 0.312 e. The Bertz CT molecular complexity index is 891. The minimum atomic E-state index is -1.13. The lowest BCUT2D eigenvalue weighted by Crippen LogP contribution is -2.56. The number of carbonyl (C=O) groups excluding carboxylic acids is 3. The first-order valence-electron chi connectivity index (χ1n) is 10.7. The van der Waals surface area contributed by atoms with E-state index in [0.717, 1.165) is 0 Å². The maximum atomic E-state index is 13.6. The Balaban J connectivity index is 1.74. The number of carbonyl (C=O) groups is 3. The molecule has 2 N–H and O–H groups in total. The number of fused-ring (bicyclic) bond motifs is 1. The first-order valence-corrected chi connectivity index (χ1v) is 11.1. The van der Waals surface area contributed by atoms with E-state index < -0.39 is 47.5 Å². The van der Waals surface area contributed by atoms with Gasteiger partial charge < -0.3 is 24.8 Å². The Kier molecular flexibility index (Phi) is 5.98. The van der Waals surface area contributed by atoms with Crippen LogP contribution in [-0.2, 0) is 23.9 Å². The molecule has 1 aromatic carbocycles. The number of para-hydroxylation sites is 1. The molecular weight excluding hydrogens is 424 g/mol. The van der Waals surface area contributed by atoms with Gasteiger partial charge in [0, 0.05) is 0 Å². The number of amides is 2. The molecule has 1 aromatic rings. The van der Waals surface area contributed by atoms with E-state index in [9.17, 15) is 19.5 Å². The third-order valence-corrected chi connectivity index (χ3v) is 7.08. The molecule has 2 amide bonds. The summed E-state index contributed by atoms with van der Waals surface area (Å²) in [5.41, 5.74) is -0.708. The average molecular weight is 451 g/mol. The average Bonchev–Trinajstić information content (AvgIpc) is 3.39. The number of aliphatic hydroxyl groups is 1. The summed E-state index contributed by atoms with van der Waals surface area (Å²) in [7, 11) is 0. The number of likely N-dealkylation sites (tertiary alicyclic amines) is 1. The van der Waals surface area contributed by atoms with Crippen molar-refractivity contribution in [2.24, 2.45) is 11.8 Å². The Morgan fingerprint density at radius 1 is 1.39 bits per heavy atom. The molecule has 1 spiro atoms. The highest BCUT2D eigenvalue weighted by Gasteiger charge is 2.75. The quantitative estimate of drug-likeness (QED) is 0.615. The molecule has 31 heavy (non-hydrogen) atoms. The number of halogens is 1. The lowest BCUT2D eigenvalue weighted by atomic mass is 9.70. The largest absolute Gasteiger partial charge is 0.466 e. The normalized spacial score (nSPS) is 32.1. The van der Waals surface area contributed by atoms with Gasteiger partial charge in [0.05, 0.1) is 47.9 Å². The van der Waals surface area contributed by atoms with Crippen molar-refractivity contribution in [2.75, 3.05) is 18.5 Å². The van der Waals surface area contributed by atoms with Crippen molar-refractivity contribution in [2.45, 2.75) is 56.9 Å². The number of rotatable bonds is 7. The van der Waals surface area contributed by atoms with E-state index in [-0.39, 0.29) is 19.1 Å². The molecule has 3 fully saturated rings. The summed E-state index contributed by atoms with van der Waals surface area (Å²) in [5, 5.41) is 13.1. The van der Waals surface area contributed by atoms with Gasteiger partial charge in [0.2, 0.25) is 11.8 Å². The molecule has 3 aliphatic heterocycles. The molecule has 168 valence electrons. The van der Waals surface area contributed by atoms with Gasteiger partial charge in [0.25, 0.3) is 0 Å². The summed E-state index contributed by atoms with van der Waals surface area (Å²) in [6.45, 7) is 3.45. The molecule has 6 atom stereocenters. The summed E-state index contributed by atoms with van der Waals surface area (Å²) in [5.74, 6) is -2.83. The van der Waals surface area contributed by atoms with Gasteiger partial charge in [-0.2, -0.15) is 0 Å². The highest BCUT2D eigenvalue weighted by Crippen LogP contribution is 2.59. The van der Waals surface area contributed by atoms with Crippen LogP contribution in [0.2, 0.25) is 5.02 Å². The van der Waals surface area contributed by atoms with Gasteiger partial charge >= 0.3 is 5.97 Å². The van der Waals surface area contributed by atoms with Crippen molar-refractivity contribution in [3.05, 3.63) is 29.3 Å². The topological polar surface area (TPSA) is 105 Å². The highest BCUT2D eigenvalue weighted by molar-refractivity contribution is 6.33. The number of hydrogen-bond donors (Lipinski definition) is 2. The standard InChI is InChI=1S/C22H27ClN2O6/c1-3-12(11-26)25-18(19(27)24-14-8-6-5-7-13(14)23)22-10-9-15(31-22)16(17(22)20(25)28)21(29)30-4-2/h5-8,12,15-18,26H,3-4,9-11H2,1-2H3,(H,24,27)/t12-,15-,16+,17-,18?,22?/m0/s1. The molecule has 3 saturated heterocycles. The lowest BCUT2D eigenvalue weighted by molar-refractivity contribution is -0.155. The van der Waals surface area contributed by atoms with Crippen molar-refractivity contribution in [3.63, 3.8) is 0 Å². The fourth-order valence-corrected chi connectivity index (χ4v) is 5.65. The van der Waals surface area contributed by atoms with Crippen LogP contribution < -0.4 is 5.32 Å². The van der Waals surface area contributed by atoms with Crippen molar-refractivity contribution >= 4 is 35.1 Å². The monoisotopic (exact) mass is 450 g/mol. The minimum absolute atomic E-state index is 0.199. The van der Waals surface area contributed by atoms with Crippen LogP contribution in [0.3, 0.4) is 0 Å². The third-order valence-electron chi connectivity index (χ3n) is 6.75. The van der Waals surface area contributed by atoms with Crippen LogP contribution in [0.5, 0.6) is 0 Å². The molecule has 0 aromatic heterocycles. The number of esters is 1. The fraction of sp³-hybridized carbons (Fsp3) is 0.591. The summed E-state index contributed by atoms with van der Waals surface area (Å²) >= 11 is 6.22. The summed E-state index contributed by atoms with van der Waals surface area (Å²) in [6.07, 6.45) is 1.03. The van der Waals surface area contributed by atoms with Gasteiger partial charge in [-0.25, -0.2) is 0 Å². The van der Waals surface area contributed by atoms with Gasteiger partial charge in [-0.1, -0.05) is 30.7 Å². The van der Waals surface area contributed by atoms with Crippen molar-refractivity contribution in [1.82, 2.24) is 4.90 Å². The molecule has 3 heterocycles. The number of ether oxygens (including phenoxy) is 2. The molecule has 0 radical (unpaired) electrons. The van der Waals surface area contributed by atoms with Gasteiger partial charge in [0.15, 0.2) is 0 Å². The minimum Gasteiger partial charge on any atom is -0.466 e. The van der Waals surface area contributed by atoms with Crippen LogP contribution in [0, 0.1) is 11.8 Å². The molecule has 3 aliphatic rings. The molecule has 9 heteroatoms. The number of nitrogens with one attached hydrogen (secondary N) is 1. The van der Waals surface area contributed by atoms with Crippen LogP contribution in [0.4, 0.5) is 5.69 Å². The van der Waals surface area contributed by atoms with Crippen LogP contribution in [0.25, 0.3) is 0 Å². The van der Waals surface area contributed by atoms with E-state index in [1.807, 2.05) is 6.92 Å². The van der Waals surface area contributed by atoms with E-state index in [2.05, 4.69) is 5.32 Å². The number of nitrogens with zero attached hydrogens (tertiary/aromatic N) is 1. The Morgan fingerprint density at radius 2 is 2.13 bits per heavy atom. The second-order valence-corrected chi connectivity index (χ2v) is 8.67. The highest BCUT2D eigenvalue weighted by atomic mass is 35.5. The molecular formula is C22H27ClN2O6. The molecule has 8 nitrogen and oxygen atoms in total. The maximum absolute atomic E-state index is 13.6. The SMILES string of the molecule is CCOC(=O)[C@@H]1[C@@H]2CCC3(O2)C(C(=O)Nc2ccccc2Cl)N([C@@H](CC)CO)C(=O)[C@H]13. The number of benzene rings is 1. The predicted octanol–water partition coefficient (Wildman–Crippen LogP) is 1.99. The zero-order chi connectivity index (χ0) is 22.3. The lowest BCUT2D eigenvalue weighted by Gasteiger charge is -2.36. The van der Waals surface area contributed by atoms with Gasteiger partial charge in [0.1, 0.15) is 11.6 Å². The number of anilines is 1. The van der Waals surface area contributed by atoms with E-state index in [4.69, 9.17) is 21.1 Å². The number of aliphatic hydroxyl groups excluding tert-OH is 1. The third kappa shape index (κ3) is 3.32. The zero-order valence-corrected chi connectivity index (χ0v) is 18.3. The second-order valence-electron chi connectivity index (χ2n) is 8.27. The molecule has 0 saturated carbocycles. The van der Waals surface area contributed by atoms with Crippen LogP contribution in [0.1, 0.15) is 33.1 Å². The van der Waals surface area contributed by atoms with Crippen molar-refractivity contribution in [3.8, 4) is 0 Å². The Hall–Kier alpha value is -2.16. The van der Waals surface area contributed by atoms with Gasteiger partial charge in [-0.15, -0.1) is 0 Å². The molecule has 0 aliphatic carbocycles. The van der Waals surface area contributed by atoms with Crippen LogP contribution >= 0.6 is 11.6 Å². The Labute approximate surface area is 185 Å². The Morgan fingerprint density at radius 3 is 2.77 bits per heavy atom. The van der Waals surface area contributed by atoms with Crippen LogP contribution in [0.15, 0.2) is 24.3 Å². The van der Waals surface area contributed by atoms with Gasteiger partial charge in [-0.3, -0.25) is 14.4 Å². The van der Waals surface area contributed by atoms with E-state index in [0.29, 0.717) is 30.0 Å². The second kappa shape index (κ2) is 8.41. The summed E-state index contributed by atoms with van der Waals surface area (Å²) < 4.78 is 11.5. The predicted molar refractivity (Wildman–Crippen MR) is 112 cm³/mol. The molecule has 2 unspecified atom stereocenters. The summed E-state index contributed by atoms with van der Waals surface area (Å²) in [4.78, 5) is 41.3. The first-order chi connectivity index (χ1) is 14.9. The number of hydrogen-bond acceptors (Lipinski definition) is 6. The molecule has 2 bridgehead atoms. The van der Waals surface area contributed by atoms with E-state index >= 15 is 0 Å². The smallest absolute Gasteiger partial charge is 0.312 e.